The molecular weight excluding hydrogens is 699 g/mol. The zero-order valence-corrected chi connectivity index (χ0v) is 33.7. The number of hydrogen-bond donors (Lipinski definition) is 0. The quantitative estimate of drug-likeness (QED) is 0.163. The highest BCUT2D eigenvalue weighted by Crippen LogP contribution is 2.66. The minimum absolute atomic E-state index is 0.141. The van der Waals surface area contributed by atoms with Crippen molar-refractivity contribution >= 4 is 22.6 Å². The van der Waals surface area contributed by atoms with Gasteiger partial charge in [0.2, 0.25) is 0 Å². The Morgan fingerprint density at radius 2 is 1.02 bits per heavy atom. The van der Waals surface area contributed by atoms with Crippen LogP contribution >= 0.6 is 0 Å². The molecule has 5 aliphatic carbocycles. The average molecular weight is 742 g/mol. The summed E-state index contributed by atoms with van der Waals surface area (Å²) in [5, 5.41) is 0. The molecule has 0 aliphatic heterocycles. The fourth-order valence-corrected chi connectivity index (χ4v) is 11.7. The van der Waals surface area contributed by atoms with Crippen molar-refractivity contribution < 1.29 is 0 Å². The third kappa shape index (κ3) is 4.13. The number of hydrogen-bond acceptors (Lipinski definition) is 1. The summed E-state index contributed by atoms with van der Waals surface area (Å²) in [6.07, 6.45) is 5.04. The Balaban J connectivity index is 1.18. The van der Waals surface area contributed by atoms with E-state index in [4.69, 9.17) is 0 Å². The Labute approximate surface area is 342 Å². The van der Waals surface area contributed by atoms with Gasteiger partial charge in [-0.2, -0.15) is 0 Å². The highest BCUT2D eigenvalue weighted by atomic mass is 15.1. The zero-order chi connectivity index (χ0) is 39.1. The Bertz CT molecular complexity index is 3010. The van der Waals surface area contributed by atoms with Crippen LogP contribution < -0.4 is 4.90 Å². The van der Waals surface area contributed by atoms with Crippen LogP contribution in [0.15, 0.2) is 163 Å². The minimum Gasteiger partial charge on any atom is -0.310 e. The van der Waals surface area contributed by atoms with Crippen LogP contribution in [0, 0.1) is 18.8 Å². The molecule has 0 bridgehead atoms. The standard InChI is InChI=1S/C57H43N/c1-35-26-29-44-40-16-7-6-8-23-48(40)57(52(44)32-35)49-24-14-11-19-41(49)45-20-15-25-53(54(45)57)58(36-27-30-42-38-17-9-12-21-46(38)55(2,3)50(42)33-36)37-28-31-43-39-18-10-13-22-47(39)56(4,5)51(43)34-37/h7,9-22,24-34H,23H2,1-5H3. The van der Waals surface area contributed by atoms with Crippen molar-refractivity contribution in [2.75, 3.05) is 4.90 Å². The Hall–Kier alpha value is -6.62. The maximum Gasteiger partial charge on any atom is 0.0718 e. The topological polar surface area (TPSA) is 3.24 Å². The van der Waals surface area contributed by atoms with E-state index in [0.717, 1.165) is 0 Å². The molecule has 0 aromatic heterocycles. The van der Waals surface area contributed by atoms with Gasteiger partial charge in [-0.15, -0.1) is 0 Å². The smallest absolute Gasteiger partial charge is 0.0718 e. The number of rotatable bonds is 3. The molecule has 58 heavy (non-hydrogen) atoms. The van der Waals surface area contributed by atoms with Crippen molar-refractivity contribution in [3.63, 3.8) is 0 Å². The summed E-state index contributed by atoms with van der Waals surface area (Å²) in [5.41, 5.74) is 25.5. The minimum atomic E-state index is -0.515. The van der Waals surface area contributed by atoms with Crippen molar-refractivity contribution in [1.82, 2.24) is 0 Å². The molecule has 5 aliphatic rings. The molecule has 1 heteroatoms. The van der Waals surface area contributed by atoms with Crippen molar-refractivity contribution in [2.24, 2.45) is 0 Å². The number of benzene rings is 7. The Morgan fingerprint density at radius 3 is 1.66 bits per heavy atom. The predicted molar refractivity (Wildman–Crippen MR) is 241 cm³/mol. The first-order chi connectivity index (χ1) is 28.2. The molecule has 7 aromatic rings. The molecule has 0 heterocycles. The van der Waals surface area contributed by atoms with Crippen LogP contribution in [0.25, 0.3) is 39.0 Å². The van der Waals surface area contributed by atoms with E-state index < -0.39 is 5.41 Å². The lowest BCUT2D eigenvalue weighted by Crippen LogP contribution is -2.30. The Morgan fingerprint density at radius 1 is 0.483 bits per heavy atom. The first-order valence-corrected chi connectivity index (χ1v) is 20.7. The maximum atomic E-state index is 3.58. The highest BCUT2D eigenvalue weighted by molar-refractivity contribution is 6.01. The van der Waals surface area contributed by atoms with Gasteiger partial charge in [0.15, 0.2) is 0 Å². The molecule has 0 radical (unpaired) electrons. The zero-order valence-electron chi connectivity index (χ0n) is 33.7. The van der Waals surface area contributed by atoms with Gasteiger partial charge in [0.25, 0.3) is 0 Å². The van der Waals surface area contributed by atoms with Gasteiger partial charge in [0.05, 0.1) is 11.1 Å². The van der Waals surface area contributed by atoms with Crippen LogP contribution in [0.3, 0.4) is 0 Å². The molecule has 1 atom stereocenters. The van der Waals surface area contributed by atoms with Gasteiger partial charge < -0.3 is 4.90 Å². The maximum absolute atomic E-state index is 3.58. The largest absolute Gasteiger partial charge is 0.310 e. The van der Waals surface area contributed by atoms with Crippen molar-refractivity contribution in [2.45, 2.75) is 57.3 Å². The second kappa shape index (κ2) is 11.5. The summed E-state index contributed by atoms with van der Waals surface area (Å²) in [6, 6.07) is 55.7. The SMILES string of the molecule is Cc1ccc2c(c1)C1(C3=C2C=CC#CC3)c2ccccc2-c2cccc(N(c3ccc4c(c3)C(C)(C)c3ccccc3-4)c3ccc4c(c3)C(C)(C)c3ccccc3-4)c21. The lowest BCUT2D eigenvalue weighted by atomic mass is 9.68. The number of fused-ring (bicyclic) bond motifs is 15. The molecule has 1 nitrogen and oxygen atoms in total. The van der Waals surface area contributed by atoms with E-state index in [-0.39, 0.29) is 10.8 Å². The fraction of sp³-hybridized carbons (Fsp3) is 0.158. The molecule has 0 saturated heterocycles. The van der Waals surface area contributed by atoms with Crippen LogP contribution in [-0.2, 0) is 16.2 Å². The molecule has 0 amide bonds. The predicted octanol–water partition coefficient (Wildman–Crippen LogP) is 14.1. The van der Waals surface area contributed by atoms with Crippen molar-refractivity contribution in [3.05, 3.63) is 213 Å². The molecule has 0 saturated carbocycles. The lowest BCUT2D eigenvalue weighted by Gasteiger charge is -2.37. The molecule has 0 N–H and O–H groups in total. The summed E-state index contributed by atoms with van der Waals surface area (Å²) in [4.78, 5) is 2.59. The molecule has 276 valence electrons. The lowest BCUT2D eigenvalue weighted by molar-refractivity contribution is 0.660. The molecule has 1 spiro atoms. The van der Waals surface area contributed by atoms with Crippen LogP contribution in [0.4, 0.5) is 17.1 Å². The van der Waals surface area contributed by atoms with E-state index in [2.05, 4.69) is 209 Å². The Kier molecular flexibility index (Phi) is 6.64. The van der Waals surface area contributed by atoms with Gasteiger partial charge in [0, 0.05) is 34.2 Å². The number of allylic oxidation sites excluding steroid dienone is 4. The second-order valence-corrected chi connectivity index (χ2v) is 17.9. The van der Waals surface area contributed by atoms with E-state index in [0.29, 0.717) is 6.42 Å². The van der Waals surface area contributed by atoms with Gasteiger partial charge >= 0.3 is 0 Å². The molecular formula is C57H43N. The summed E-state index contributed by atoms with van der Waals surface area (Å²) in [7, 11) is 0. The van der Waals surface area contributed by atoms with E-state index in [1.54, 1.807) is 0 Å². The monoisotopic (exact) mass is 741 g/mol. The van der Waals surface area contributed by atoms with Crippen molar-refractivity contribution in [1.29, 1.82) is 0 Å². The number of anilines is 3. The summed E-state index contributed by atoms with van der Waals surface area (Å²) < 4.78 is 0. The van der Waals surface area contributed by atoms with Crippen LogP contribution in [0.1, 0.15) is 84.2 Å². The summed E-state index contributed by atoms with van der Waals surface area (Å²) in [5.74, 6) is 6.93. The van der Waals surface area contributed by atoms with Crippen LogP contribution in [0.2, 0.25) is 0 Å². The first kappa shape index (κ1) is 33.5. The first-order valence-electron chi connectivity index (χ1n) is 20.7. The van der Waals surface area contributed by atoms with Gasteiger partial charge in [0.1, 0.15) is 0 Å². The third-order valence-corrected chi connectivity index (χ3v) is 14.3. The van der Waals surface area contributed by atoms with Crippen LogP contribution in [0.5, 0.6) is 0 Å². The van der Waals surface area contributed by atoms with Gasteiger partial charge in [-0.05, 0) is 133 Å². The average Bonchev–Trinajstić information content (AvgIpc) is 3.76. The molecule has 12 rings (SSSR count). The third-order valence-electron chi connectivity index (χ3n) is 14.3. The molecule has 1 unspecified atom stereocenters. The molecule has 0 fully saturated rings. The van der Waals surface area contributed by atoms with E-state index >= 15 is 0 Å². The normalized spacial score (nSPS) is 18.6. The van der Waals surface area contributed by atoms with Crippen LogP contribution in [-0.4, -0.2) is 0 Å². The summed E-state index contributed by atoms with van der Waals surface area (Å²) >= 11 is 0. The highest BCUT2D eigenvalue weighted by Gasteiger charge is 2.54. The van der Waals surface area contributed by atoms with E-state index in [9.17, 15) is 0 Å². The molecule has 7 aromatic carbocycles. The van der Waals surface area contributed by atoms with E-state index in [1.165, 1.54) is 112 Å². The second-order valence-electron chi connectivity index (χ2n) is 17.9. The van der Waals surface area contributed by atoms with Gasteiger partial charge in [-0.1, -0.05) is 160 Å². The van der Waals surface area contributed by atoms with E-state index in [1.807, 2.05) is 0 Å². The number of aryl methyl sites for hydroxylation is 1. The summed E-state index contributed by atoms with van der Waals surface area (Å²) in [6.45, 7) is 11.8. The van der Waals surface area contributed by atoms with Gasteiger partial charge in [-0.25, -0.2) is 0 Å². The fourth-order valence-electron chi connectivity index (χ4n) is 11.7. The number of nitrogens with zero attached hydrogens (tertiary/aromatic N) is 1. The van der Waals surface area contributed by atoms with Gasteiger partial charge in [-0.3, -0.25) is 0 Å². The van der Waals surface area contributed by atoms with Crippen molar-refractivity contribution in [3.8, 4) is 45.2 Å².